The molecular formula is C24H37N3O. The first-order valence-corrected chi connectivity index (χ1v) is 10.5. The van der Waals surface area contributed by atoms with Crippen molar-refractivity contribution in [2.24, 2.45) is 10.9 Å². The normalized spacial score (nSPS) is 18.8. The lowest BCUT2D eigenvalue weighted by molar-refractivity contribution is -0.117. The molecule has 28 heavy (non-hydrogen) atoms. The van der Waals surface area contributed by atoms with Gasteiger partial charge in [-0.25, -0.2) is 4.99 Å². The average molecular weight is 384 g/mol. The van der Waals surface area contributed by atoms with E-state index < -0.39 is 0 Å². The number of aliphatic imine (C=N–C) groups is 1. The van der Waals surface area contributed by atoms with Gasteiger partial charge < -0.3 is 10.2 Å². The van der Waals surface area contributed by atoms with Gasteiger partial charge in [-0.3, -0.25) is 4.79 Å². The van der Waals surface area contributed by atoms with E-state index in [1.54, 1.807) is 18.2 Å². The standard InChI is InChI=1S/C12H17N3O.C7H8.C3H6.C2H6/c1-8-4-11-12(13-5-8)10(3)15(7-14-11)6-9(2)16;1-7-5-3-2-4-6-7;1-2-3-1;1-2/h7-8,13H,3-6H2,1-2H3;2-6H,1H3;1-3H2;1-2H3. The minimum absolute atomic E-state index is 0.112. The molecule has 1 aliphatic carbocycles. The number of ketones is 1. The number of carbonyl (C=O) groups excluding carboxylic acids is 1. The van der Waals surface area contributed by atoms with Crippen LogP contribution in [0.15, 0.2) is 59.0 Å². The van der Waals surface area contributed by atoms with Crippen LogP contribution in [0.2, 0.25) is 0 Å². The van der Waals surface area contributed by atoms with Gasteiger partial charge in [0.15, 0.2) is 0 Å². The van der Waals surface area contributed by atoms with Crippen molar-refractivity contribution in [2.75, 3.05) is 13.1 Å². The molecule has 1 fully saturated rings. The summed E-state index contributed by atoms with van der Waals surface area (Å²) in [5.41, 5.74) is 4.24. The molecule has 154 valence electrons. The fraction of sp³-hybridized carbons (Fsp3) is 0.500. The molecule has 0 spiro atoms. The molecule has 1 N–H and O–H groups in total. The smallest absolute Gasteiger partial charge is 0.149 e. The van der Waals surface area contributed by atoms with Crippen LogP contribution in [-0.4, -0.2) is 30.1 Å². The minimum Gasteiger partial charge on any atom is -0.382 e. The monoisotopic (exact) mass is 383 g/mol. The zero-order chi connectivity index (χ0) is 20.9. The van der Waals surface area contributed by atoms with Crippen LogP contribution in [0, 0.1) is 12.8 Å². The number of allylic oxidation sites excluding steroid dienone is 1. The molecular weight excluding hydrogens is 346 g/mol. The zero-order valence-electron chi connectivity index (χ0n) is 18.3. The summed E-state index contributed by atoms with van der Waals surface area (Å²) in [6.45, 7) is 15.2. The van der Waals surface area contributed by atoms with E-state index in [1.165, 1.54) is 24.8 Å². The largest absolute Gasteiger partial charge is 0.382 e. The molecule has 1 unspecified atom stereocenters. The molecule has 4 nitrogen and oxygen atoms in total. The summed E-state index contributed by atoms with van der Waals surface area (Å²) in [4.78, 5) is 17.3. The van der Waals surface area contributed by atoms with E-state index in [0.29, 0.717) is 12.5 Å². The molecule has 0 saturated heterocycles. The molecule has 1 atom stereocenters. The number of Topliss-reactive ketones (excluding diaryl/α,β-unsaturated/α-hetero) is 1. The van der Waals surface area contributed by atoms with E-state index >= 15 is 0 Å². The maximum atomic E-state index is 11.1. The third-order valence-corrected chi connectivity index (χ3v) is 4.13. The van der Waals surface area contributed by atoms with Crippen LogP contribution in [0.25, 0.3) is 0 Å². The molecule has 2 heterocycles. The molecule has 1 aromatic rings. The third kappa shape index (κ3) is 9.03. The number of carbonyl (C=O) groups is 1. The first kappa shape index (κ1) is 23.7. The van der Waals surface area contributed by atoms with E-state index in [1.807, 2.05) is 32.0 Å². The van der Waals surface area contributed by atoms with Crippen LogP contribution in [0.4, 0.5) is 0 Å². The fourth-order valence-electron chi connectivity index (χ4n) is 2.53. The van der Waals surface area contributed by atoms with Crippen molar-refractivity contribution in [3.05, 3.63) is 59.6 Å². The van der Waals surface area contributed by atoms with E-state index in [0.717, 1.165) is 30.1 Å². The lowest BCUT2D eigenvalue weighted by atomic mass is 9.98. The van der Waals surface area contributed by atoms with E-state index in [4.69, 9.17) is 0 Å². The summed E-state index contributed by atoms with van der Waals surface area (Å²) in [6.07, 6.45) is 7.19. The molecule has 1 aromatic carbocycles. The molecule has 1 saturated carbocycles. The Morgan fingerprint density at radius 3 is 2.29 bits per heavy atom. The number of hydrogen-bond donors (Lipinski definition) is 1. The second-order valence-electron chi connectivity index (χ2n) is 7.25. The number of nitrogens with one attached hydrogen (secondary N) is 1. The molecule has 0 amide bonds. The van der Waals surface area contributed by atoms with Gasteiger partial charge in [0.05, 0.1) is 30.0 Å². The number of aryl methyl sites for hydroxylation is 1. The third-order valence-electron chi connectivity index (χ3n) is 4.13. The second kappa shape index (κ2) is 12.9. The van der Waals surface area contributed by atoms with Gasteiger partial charge in [0.25, 0.3) is 0 Å². The van der Waals surface area contributed by atoms with Crippen molar-refractivity contribution >= 4 is 12.1 Å². The van der Waals surface area contributed by atoms with Crippen LogP contribution in [-0.2, 0) is 4.79 Å². The topological polar surface area (TPSA) is 44.7 Å². The Morgan fingerprint density at radius 2 is 1.82 bits per heavy atom. The van der Waals surface area contributed by atoms with Crippen molar-refractivity contribution in [1.82, 2.24) is 10.2 Å². The van der Waals surface area contributed by atoms with Crippen molar-refractivity contribution in [1.29, 1.82) is 0 Å². The summed E-state index contributed by atoms with van der Waals surface area (Å²) in [6, 6.07) is 10.3. The lowest BCUT2D eigenvalue weighted by Gasteiger charge is -2.33. The van der Waals surface area contributed by atoms with Crippen LogP contribution < -0.4 is 5.32 Å². The average Bonchev–Trinajstić information content (AvgIpc) is 3.56. The highest BCUT2D eigenvalue weighted by Gasteiger charge is 2.24. The maximum Gasteiger partial charge on any atom is 0.149 e. The Bertz CT molecular complexity index is 672. The predicted octanol–water partition coefficient (Wildman–Crippen LogP) is 5.47. The number of rotatable bonds is 2. The van der Waals surface area contributed by atoms with Crippen molar-refractivity contribution in [3.63, 3.8) is 0 Å². The summed E-state index contributed by atoms with van der Waals surface area (Å²) < 4.78 is 0. The fourth-order valence-corrected chi connectivity index (χ4v) is 2.53. The molecule has 0 bridgehead atoms. The minimum atomic E-state index is 0.112. The van der Waals surface area contributed by atoms with Crippen LogP contribution in [0.5, 0.6) is 0 Å². The molecule has 0 radical (unpaired) electrons. The van der Waals surface area contributed by atoms with Crippen molar-refractivity contribution < 1.29 is 4.79 Å². The number of nitrogens with zero attached hydrogens (tertiary/aromatic N) is 2. The highest BCUT2D eigenvalue weighted by molar-refractivity contribution is 5.81. The van der Waals surface area contributed by atoms with Gasteiger partial charge in [-0.1, -0.05) is 82.5 Å². The van der Waals surface area contributed by atoms with Crippen molar-refractivity contribution in [3.8, 4) is 0 Å². The SMILES string of the molecule is C1CC1.C=C1C2=C(CC(C)CN2)N=CN1CC(C)=O.CC.Cc1ccccc1. The van der Waals surface area contributed by atoms with E-state index in [-0.39, 0.29) is 5.78 Å². The van der Waals surface area contributed by atoms with Gasteiger partial charge in [-0.2, -0.15) is 0 Å². The first-order valence-electron chi connectivity index (χ1n) is 10.5. The summed E-state index contributed by atoms with van der Waals surface area (Å²) in [5.74, 6) is 0.712. The zero-order valence-corrected chi connectivity index (χ0v) is 18.3. The highest BCUT2D eigenvalue weighted by atomic mass is 16.1. The molecule has 2 aliphatic heterocycles. The maximum absolute atomic E-state index is 11.1. The Morgan fingerprint density at radius 1 is 1.21 bits per heavy atom. The van der Waals surface area contributed by atoms with Gasteiger partial charge in [0.1, 0.15) is 5.78 Å². The predicted molar refractivity (Wildman–Crippen MR) is 120 cm³/mol. The molecule has 0 aromatic heterocycles. The quantitative estimate of drug-likeness (QED) is 0.737. The molecule has 3 aliphatic rings. The highest BCUT2D eigenvalue weighted by Crippen LogP contribution is 2.28. The Kier molecular flexibility index (Phi) is 10.9. The first-order chi connectivity index (χ1) is 13.5. The van der Waals surface area contributed by atoms with Gasteiger partial charge in [-0.05, 0) is 26.2 Å². The molecule has 4 rings (SSSR count). The Balaban J connectivity index is 0.000000267. The summed E-state index contributed by atoms with van der Waals surface area (Å²) in [7, 11) is 0. The molecule has 4 heteroatoms. The van der Waals surface area contributed by atoms with Gasteiger partial charge in [0, 0.05) is 6.54 Å². The van der Waals surface area contributed by atoms with E-state index in [2.05, 4.69) is 42.9 Å². The lowest BCUT2D eigenvalue weighted by Crippen LogP contribution is -2.37. The second-order valence-corrected chi connectivity index (χ2v) is 7.25. The van der Waals surface area contributed by atoms with Crippen molar-refractivity contribution in [2.45, 2.75) is 60.3 Å². The summed E-state index contributed by atoms with van der Waals surface area (Å²) >= 11 is 0. The Hall–Kier alpha value is -2.36. The summed E-state index contributed by atoms with van der Waals surface area (Å²) in [5, 5.41) is 3.34. The van der Waals surface area contributed by atoms with Crippen LogP contribution in [0.3, 0.4) is 0 Å². The van der Waals surface area contributed by atoms with E-state index in [9.17, 15) is 4.79 Å². The van der Waals surface area contributed by atoms with Crippen LogP contribution in [0.1, 0.15) is 58.9 Å². The Labute approximate surface area is 171 Å². The van der Waals surface area contributed by atoms with Crippen LogP contribution >= 0.6 is 0 Å². The van der Waals surface area contributed by atoms with Gasteiger partial charge >= 0.3 is 0 Å². The number of hydrogen-bond acceptors (Lipinski definition) is 4. The van der Waals surface area contributed by atoms with Gasteiger partial charge in [-0.15, -0.1) is 0 Å². The van der Waals surface area contributed by atoms with Gasteiger partial charge in [0.2, 0.25) is 0 Å². The number of benzene rings is 1.